The Kier molecular flexibility index (Phi) is 5.45. The van der Waals surface area contributed by atoms with Crippen molar-refractivity contribution in [3.8, 4) is 0 Å². The van der Waals surface area contributed by atoms with E-state index in [1.807, 2.05) is 6.92 Å². The Bertz CT molecular complexity index is 267. The van der Waals surface area contributed by atoms with Crippen molar-refractivity contribution in [2.24, 2.45) is 11.8 Å². The summed E-state index contributed by atoms with van der Waals surface area (Å²) in [4.78, 5) is 22.6. The summed E-state index contributed by atoms with van der Waals surface area (Å²) in [7, 11) is 0. The summed E-state index contributed by atoms with van der Waals surface area (Å²) in [6.45, 7) is 3.96. The van der Waals surface area contributed by atoms with Gasteiger partial charge in [0.1, 0.15) is 0 Å². The van der Waals surface area contributed by atoms with Gasteiger partial charge >= 0.3 is 11.9 Å². The molecule has 1 atom stereocenters. The maximum atomic E-state index is 11.8. The van der Waals surface area contributed by atoms with Crippen molar-refractivity contribution in [1.82, 2.24) is 0 Å². The summed E-state index contributed by atoms with van der Waals surface area (Å²) in [5.74, 6) is -1.25. The lowest BCUT2D eigenvalue weighted by Gasteiger charge is -2.25. The van der Waals surface area contributed by atoms with Crippen LogP contribution in [0.15, 0.2) is 0 Å². The molecule has 1 aliphatic rings. The van der Waals surface area contributed by atoms with Crippen LogP contribution in [0.1, 0.15) is 52.4 Å². The molecule has 0 bridgehead atoms. The van der Waals surface area contributed by atoms with E-state index in [1.54, 1.807) is 0 Å². The minimum absolute atomic E-state index is 0.0234. The van der Waals surface area contributed by atoms with Crippen LogP contribution >= 0.6 is 0 Å². The number of esters is 1. The van der Waals surface area contributed by atoms with Crippen LogP contribution in [-0.2, 0) is 14.3 Å². The Morgan fingerprint density at radius 1 is 1.24 bits per heavy atom. The van der Waals surface area contributed by atoms with Gasteiger partial charge in [0.2, 0.25) is 0 Å². The lowest BCUT2D eigenvalue weighted by Crippen LogP contribution is -2.28. The fourth-order valence-corrected chi connectivity index (χ4v) is 2.34. The largest absolute Gasteiger partial charge is 0.481 e. The first-order valence-electron chi connectivity index (χ1n) is 6.47. The average molecular weight is 242 g/mol. The highest BCUT2D eigenvalue weighted by Gasteiger charge is 2.31. The van der Waals surface area contributed by atoms with Crippen molar-refractivity contribution in [2.75, 3.05) is 0 Å². The molecule has 0 radical (unpaired) electrons. The third-order valence-corrected chi connectivity index (χ3v) is 3.42. The predicted octanol–water partition coefficient (Wildman–Crippen LogP) is 2.61. The quantitative estimate of drug-likeness (QED) is 0.753. The molecular weight excluding hydrogens is 220 g/mol. The zero-order valence-electron chi connectivity index (χ0n) is 10.6. The molecule has 0 aromatic carbocycles. The van der Waals surface area contributed by atoms with E-state index < -0.39 is 5.97 Å². The zero-order chi connectivity index (χ0) is 12.8. The molecule has 1 saturated carbocycles. The Morgan fingerprint density at radius 3 is 2.24 bits per heavy atom. The molecule has 1 rings (SSSR count). The van der Waals surface area contributed by atoms with Gasteiger partial charge in [-0.05, 0) is 39.0 Å². The Labute approximate surface area is 102 Å². The van der Waals surface area contributed by atoms with Gasteiger partial charge < -0.3 is 9.84 Å². The number of carboxylic acids is 1. The molecule has 98 valence electrons. The molecule has 1 unspecified atom stereocenters. The van der Waals surface area contributed by atoms with Gasteiger partial charge in [-0.15, -0.1) is 0 Å². The summed E-state index contributed by atoms with van der Waals surface area (Å²) < 4.78 is 5.34. The molecule has 1 fully saturated rings. The number of hydrogen-bond acceptors (Lipinski definition) is 3. The normalized spacial score (nSPS) is 26.2. The number of carbonyl (C=O) groups excluding carboxylic acids is 1. The van der Waals surface area contributed by atoms with Gasteiger partial charge in [0.05, 0.1) is 17.9 Å². The topological polar surface area (TPSA) is 63.6 Å². The number of carboxylic acid groups (broad SMARTS) is 1. The molecular formula is C13H22O4. The van der Waals surface area contributed by atoms with Crippen LogP contribution in [0.25, 0.3) is 0 Å². The molecule has 0 amide bonds. The van der Waals surface area contributed by atoms with Crippen LogP contribution in [0, 0.1) is 11.8 Å². The SMILES string of the molecule is CCCC(C)OC(=O)C1CCC(C(=O)O)CC1. The van der Waals surface area contributed by atoms with Crippen molar-refractivity contribution in [1.29, 1.82) is 0 Å². The number of ether oxygens (including phenoxy) is 1. The van der Waals surface area contributed by atoms with Gasteiger partial charge in [0, 0.05) is 0 Å². The van der Waals surface area contributed by atoms with Gasteiger partial charge in [-0.3, -0.25) is 9.59 Å². The van der Waals surface area contributed by atoms with Crippen LogP contribution < -0.4 is 0 Å². The third kappa shape index (κ3) is 4.36. The number of rotatable bonds is 5. The van der Waals surface area contributed by atoms with Crippen molar-refractivity contribution in [2.45, 2.75) is 58.5 Å². The molecule has 17 heavy (non-hydrogen) atoms. The van der Waals surface area contributed by atoms with E-state index in [0.717, 1.165) is 12.8 Å². The molecule has 1 aliphatic carbocycles. The number of aliphatic carboxylic acids is 1. The van der Waals surface area contributed by atoms with E-state index in [4.69, 9.17) is 9.84 Å². The fraction of sp³-hybridized carbons (Fsp3) is 0.846. The fourth-order valence-electron chi connectivity index (χ4n) is 2.34. The zero-order valence-corrected chi connectivity index (χ0v) is 10.6. The molecule has 4 heteroatoms. The first-order valence-corrected chi connectivity index (χ1v) is 6.47. The van der Waals surface area contributed by atoms with Crippen LogP contribution in [0.4, 0.5) is 0 Å². The van der Waals surface area contributed by atoms with Crippen molar-refractivity contribution >= 4 is 11.9 Å². The van der Waals surface area contributed by atoms with Gasteiger partial charge in [-0.1, -0.05) is 13.3 Å². The highest BCUT2D eigenvalue weighted by Crippen LogP contribution is 2.30. The average Bonchev–Trinajstić information content (AvgIpc) is 2.29. The number of hydrogen-bond donors (Lipinski definition) is 1. The summed E-state index contributed by atoms with van der Waals surface area (Å²) in [6, 6.07) is 0. The van der Waals surface area contributed by atoms with Gasteiger partial charge in [0.15, 0.2) is 0 Å². The van der Waals surface area contributed by atoms with Crippen LogP contribution in [-0.4, -0.2) is 23.1 Å². The maximum Gasteiger partial charge on any atom is 0.309 e. The van der Waals surface area contributed by atoms with Crippen LogP contribution in [0.3, 0.4) is 0 Å². The summed E-state index contributed by atoms with van der Waals surface area (Å²) in [5, 5.41) is 8.86. The Morgan fingerprint density at radius 2 is 1.76 bits per heavy atom. The summed E-state index contributed by atoms with van der Waals surface area (Å²) >= 11 is 0. The van der Waals surface area contributed by atoms with Gasteiger partial charge in [-0.2, -0.15) is 0 Å². The van der Waals surface area contributed by atoms with Crippen molar-refractivity contribution < 1.29 is 19.4 Å². The summed E-state index contributed by atoms with van der Waals surface area (Å²) in [6.07, 6.45) is 4.35. The number of carbonyl (C=O) groups is 2. The highest BCUT2D eigenvalue weighted by atomic mass is 16.5. The van der Waals surface area contributed by atoms with E-state index in [9.17, 15) is 9.59 Å². The second-order valence-corrected chi connectivity index (χ2v) is 4.92. The summed E-state index contributed by atoms with van der Waals surface area (Å²) in [5.41, 5.74) is 0. The molecule has 0 aliphatic heterocycles. The molecule has 0 heterocycles. The van der Waals surface area contributed by atoms with E-state index >= 15 is 0 Å². The standard InChI is InChI=1S/C13H22O4/c1-3-4-9(2)17-13(16)11-7-5-10(6-8-11)12(14)15/h9-11H,3-8H2,1-2H3,(H,14,15). The van der Waals surface area contributed by atoms with Crippen molar-refractivity contribution in [3.05, 3.63) is 0 Å². The van der Waals surface area contributed by atoms with Crippen LogP contribution in [0.2, 0.25) is 0 Å². The van der Waals surface area contributed by atoms with E-state index in [-0.39, 0.29) is 23.9 Å². The molecule has 4 nitrogen and oxygen atoms in total. The lowest BCUT2D eigenvalue weighted by atomic mass is 9.82. The van der Waals surface area contributed by atoms with Gasteiger partial charge in [-0.25, -0.2) is 0 Å². The molecule has 0 saturated heterocycles. The Hall–Kier alpha value is -1.06. The van der Waals surface area contributed by atoms with Gasteiger partial charge in [0.25, 0.3) is 0 Å². The van der Waals surface area contributed by atoms with E-state index in [1.165, 1.54) is 0 Å². The predicted molar refractivity (Wildman–Crippen MR) is 63.5 cm³/mol. The minimum atomic E-state index is -0.740. The molecule has 0 spiro atoms. The van der Waals surface area contributed by atoms with Crippen LogP contribution in [0.5, 0.6) is 0 Å². The second-order valence-electron chi connectivity index (χ2n) is 4.92. The van der Waals surface area contributed by atoms with Crippen molar-refractivity contribution in [3.63, 3.8) is 0 Å². The molecule has 0 aromatic rings. The van der Waals surface area contributed by atoms with E-state index in [0.29, 0.717) is 25.7 Å². The molecule has 1 N–H and O–H groups in total. The molecule has 0 aromatic heterocycles. The smallest absolute Gasteiger partial charge is 0.309 e. The first kappa shape index (κ1) is 14.0. The maximum absolute atomic E-state index is 11.8. The minimum Gasteiger partial charge on any atom is -0.481 e. The first-order chi connectivity index (χ1) is 8.04. The second kappa shape index (κ2) is 6.62. The van der Waals surface area contributed by atoms with E-state index in [2.05, 4.69) is 6.92 Å². The third-order valence-electron chi connectivity index (χ3n) is 3.42. The Balaban J connectivity index is 2.33. The highest BCUT2D eigenvalue weighted by molar-refractivity contribution is 5.74. The lowest BCUT2D eigenvalue weighted by molar-refractivity contribution is -0.156. The monoisotopic (exact) mass is 242 g/mol.